The molecule has 0 amide bonds. The predicted octanol–water partition coefficient (Wildman–Crippen LogP) is 5.96. The van der Waals surface area contributed by atoms with Crippen LogP contribution in [0.5, 0.6) is 17.2 Å². The monoisotopic (exact) mass is 474 g/mol. The first kappa shape index (κ1) is 23.2. The van der Waals surface area contributed by atoms with Crippen molar-refractivity contribution < 1.29 is 19.0 Å². The Morgan fingerprint density at radius 1 is 1.12 bits per heavy atom. The van der Waals surface area contributed by atoms with Crippen molar-refractivity contribution in [1.29, 1.82) is 5.26 Å². The Morgan fingerprint density at radius 2 is 1.88 bits per heavy atom. The van der Waals surface area contributed by atoms with Gasteiger partial charge in [0.1, 0.15) is 34.5 Å². The maximum atomic E-state index is 12.9. The zero-order chi connectivity index (χ0) is 24.1. The molecule has 0 saturated carbocycles. The number of nitriles is 1. The van der Waals surface area contributed by atoms with Crippen molar-refractivity contribution in [3.63, 3.8) is 0 Å². The van der Waals surface area contributed by atoms with E-state index in [4.69, 9.17) is 31.5 Å². The van der Waals surface area contributed by atoms with Crippen LogP contribution in [-0.4, -0.2) is 12.6 Å². The largest absolute Gasteiger partial charge is 0.493 e. The van der Waals surface area contributed by atoms with Gasteiger partial charge in [0.05, 0.1) is 12.5 Å². The highest BCUT2D eigenvalue weighted by Crippen LogP contribution is 2.45. The fraction of sp³-hybridized carbons (Fsp3) is 0.185. The number of carbonyl (C=O) groups is 1. The van der Waals surface area contributed by atoms with Crippen LogP contribution in [0, 0.1) is 11.3 Å². The third-order valence-electron chi connectivity index (χ3n) is 5.48. The standard InChI is InChI=1S/C27H23ClN2O4/c1-2-3-14-32-23-11-7-5-9-20(23)27(31)33-17-12-13-19-24(15-17)34-26(30)21(16-29)25(19)18-8-4-6-10-22(18)28/h4-13,15,25H,2-3,14,30H2,1H3. The normalized spacial score (nSPS) is 14.6. The summed E-state index contributed by atoms with van der Waals surface area (Å²) in [6, 6.07) is 21.3. The molecule has 0 saturated heterocycles. The molecule has 0 aromatic heterocycles. The first-order valence-electron chi connectivity index (χ1n) is 10.9. The van der Waals surface area contributed by atoms with E-state index in [0.717, 1.165) is 18.4 Å². The average Bonchev–Trinajstić information content (AvgIpc) is 2.84. The highest BCUT2D eigenvalue weighted by atomic mass is 35.5. The Morgan fingerprint density at radius 3 is 2.65 bits per heavy atom. The summed E-state index contributed by atoms with van der Waals surface area (Å²) in [4.78, 5) is 12.9. The molecule has 172 valence electrons. The van der Waals surface area contributed by atoms with Crippen molar-refractivity contribution in [3.05, 3.63) is 99.9 Å². The number of nitrogens with two attached hydrogens (primary N) is 1. The lowest BCUT2D eigenvalue weighted by Crippen LogP contribution is -2.21. The molecule has 0 fully saturated rings. The number of allylic oxidation sites excluding steroid dienone is 1. The van der Waals surface area contributed by atoms with E-state index in [1.54, 1.807) is 42.5 Å². The number of unbranched alkanes of at least 4 members (excludes halogenated alkanes) is 1. The summed E-state index contributed by atoms with van der Waals surface area (Å²) in [6.45, 7) is 2.59. The van der Waals surface area contributed by atoms with Gasteiger partial charge in [0.2, 0.25) is 5.88 Å². The molecular weight excluding hydrogens is 452 g/mol. The molecule has 1 aliphatic rings. The SMILES string of the molecule is CCCCOc1ccccc1C(=O)Oc1ccc2c(c1)OC(N)=C(C#N)C2c1ccccc1Cl. The second-order valence-corrected chi connectivity index (χ2v) is 8.14. The number of carbonyl (C=O) groups excluding carboxylic acids is 1. The van der Waals surface area contributed by atoms with Gasteiger partial charge >= 0.3 is 5.97 Å². The number of hydrogen-bond donors (Lipinski definition) is 1. The summed E-state index contributed by atoms with van der Waals surface area (Å²) in [5.74, 6) is 0.0712. The number of para-hydroxylation sites is 1. The van der Waals surface area contributed by atoms with Gasteiger partial charge in [0.15, 0.2) is 0 Å². The van der Waals surface area contributed by atoms with Gasteiger partial charge in [-0.3, -0.25) is 0 Å². The summed E-state index contributed by atoms with van der Waals surface area (Å²) < 4.78 is 17.1. The third-order valence-corrected chi connectivity index (χ3v) is 5.82. The first-order valence-corrected chi connectivity index (χ1v) is 11.3. The van der Waals surface area contributed by atoms with E-state index in [2.05, 4.69) is 13.0 Å². The maximum absolute atomic E-state index is 12.9. The smallest absolute Gasteiger partial charge is 0.347 e. The summed E-state index contributed by atoms with van der Waals surface area (Å²) in [6.07, 6.45) is 1.87. The maximum Gasteiger partial charge on any atom is 0.347 e. The number of benzene rings is 3. The zero-order valence-electron chi connectivity index (χ0n) is 18.6. The number of halogens is 1. The third kappa shape index (κ3) is 4.70. The van der Waals surface area contributed by atoms with E-state index in [1.807, 2.05) is 24.3 Å². The second-order valence-electron chi connectivity index (χ2n) is 7.73. The molecule has 1 atom stereocenters. The second kappa shape index (κ2) is 10.3. The number of esters is 1. The van der Waals surface area contributed by atoms with Crippen LogP contribution in [0.4, 0.5) is 0 Å². The minimum absolute atomic E-state index is 0.0157. The Hall–Kier alpha value is -3.95. The van der Waals surface area contributed by atoms with Gasteiger partial charge < -0.3 is 19.9 Å². The lowest BCUT2D eigenvalue weighted by atomic mass is 9.83. The topological polar surface area (TPSA) is 94.6 Å². The van der Waals surface area contributed by atoms with Gasteiger partial charge in [-0.05, 0) is 36.2 Å². The molecule has 1 heterocycles. The summed E-state index contributed by atoms with van der Waals surface area (Å²) in [5, 5.41) is 10.2. The Kier molecular flexibility index (Phi) is 7.05. The molecule has 3 aromatic carbocycles. The summed E-state index contributed by atoms with van der Waals surface area (Å²) in [7, 11) is 0. The van der Waals surface area contributed by atoms with Crippen molar-refractivity contribution in [1.82, 2.24) is 0 Å². The highest BCUT2D eigenvalue weighted by molar-refractivity contribution is 6.31. The molecule has 3 aromatic rings. The molecule has 0 aliphatic carbocycles. The number of ether oxygens (including phenoxy) is 3. The van der Waals surface area contributed by atoms with Crippen LogP contribution in [0.15, 0.2) is 78.2 Å². The van der Waals surface area contributed by atoms with Crippen molar-refractivity contribution >= 4 is 17.6 Å². The molecule has 0 spiro atoms. The number of nitrogens with zero attached hydrogens (tertiary/aromatic N) is 1. The average molecular weight is 475 g/mol. The van der Waals surface area contributed by atoms with Gasteiger partial charge in [-0.2, -0.15) is 5.26 Å². The first-order chi connectivity index (χ1) is 16.5. The molecule has 7 heteroatoms. The van der Waals surface area contributed by atoms with Crippen molar-refractivity contribution in [2.75, 3.05) is 6.61 Å². The minimum atomic E-state index is -0.549. The molecule has 0 bridgehead atoms. The molecule has 2 N–H and O–H groups in total. The van der Waals surface area contributed by atoms with E-state index in [9.17, 15) is 10.1 Å². The predicted molar refractivity (Wildman–Crippen MR) is 129 cm³/mol. The van der Waals surface area contributed by atoms with Crippen LogP contribution in [0.25, 0.3) is 0 Å². The number of hydrogen-bond acceptors (Lipinski definition) is 6. The van der Waals surface area contributed by atoms with E-state index in [1.165, 1.54) is 0 Å². The molecule has 1 unspecified atom stereocenters. The zero-order valence-corrected chi connectivity index (χ0v) is 19.3. The lowest BCUT2D eigenvalue weighted by molar-refractivity contribution is 0.0730. The number of fused-ring (bicyclic) bond motifs is 1. The van der Waals surface area contributed by atoms with Crippen molar-refractivity contribution in [2.24, 2.45) is 5.73 Å². The summed E-state index contributed by atoms with van der Waals surface area (Å²) >= 11 is 6.43. The molecule has 4 rings (SSSR count). The van der Waals surface area contributed by atoms with Gasteiger partial charge in [0, 0.05) is 16.7 Å². The Balaban J connectivity index is 1.64. The Bertz CT molecular complexity index is 1300. The van der Waals surface area contributed by atoms with Crippen LogP contribution < -0.4 is 19.9 Å². The van der Waals surface area contributed by atoms with Gasteiger partial charge in [-0.1, -0.05) is 61.3 Å². The Labute approximate surface area is 203 Å². The van der Waals surface area contributed by atoms with E-state index >= 15 is 0 Å². The summed E-state index contributed by atoms with van der Waals surface area (Å²) in [5.41, 5.74) is 8.10. The van der Waals surface area contributed by atoms with Crippen molar-refractivity contribution in [3.8, 4) is 23.3 Å². The molecule has 0 radical (unpaired) electrons. The lowest BCUT2D eigenvalue weighted by Gasteiger charge is -2.27. The van der Waals surface area contributed by atoms with Crippen LogP contribution in [0.3, 0.4) is 0 Å². The number of rotatable bonds is 7. The highest BCUT2D eigenvalue weighted by Gasteiger charge is 2.32. The molecule has 1 aliphatic heterocycles. The fourth-order valence-corrected chi connectivity index (χ4v) is 4.02. The van der Waals surface area contributed by atoms with E-state index in [0.29, 0.717) is 34.3 Å². The molecular formula is C27H23ClN2O4. The van der Waals surface area contributed by atoms with Gasteiger partial charge in [-0.25, -0.2) is 4.79 Å². The van der Waals surface area contributed by atoms with Crippen LogP contribution in [0.2, 0.25) is 5.02 Å². The minimum Gasteiger partial charge on any atom is -0.493 e. The quantitative estimate of drug-likeness (QED) is 0.258. The van der Waals surface area contributed by atoms with Crippen LogP contribution >= 0.6 is 11.6 Å². The molecule has 6 nitrogen and oxygen atoms in total. The van der Waals surface area contributed by atoms with Crippen LogP contribution in [0.1, 0.15) is 47.2 Å². The van der Waals surface area contributed by atoms with Gasteiger partial charge in [0.25, 0.3) is 0 Å². The van der Waals surface area contributed by atoms with E-state index < -0.39 is 11.9 Å². The van der Waals surface area contributed by atoms with E-state index in [-0.39, 0.29) is 17.2 Å². The fourth-order valence-electron chi connectivity index (χ4n) is 3.78. The van der Waals surface area contributed by atoms with Crippen LogP contribution in [-0.2, 0) is 0 Å². The molecule has 34 heavy (non-hydrogen) atoms. The van der Waals surface area contributed by atoms with Gasteiger partial charge in [-0.15, -0.1) is 0 Å². The van der Waals surface area contributed by atoms with Crippen molar-refractivity contribution in [2.45, 2.75) is 25.7 Å².